The topological polar surface area (TPSA) is 57.2 Å². The molecule has 4 rings (SSSR count). The number of fused-ring (bicyclic) bond motifs is 3. The van der Waals surface area contributed by atoms with Crippen LogP contribution in [0, 0.1) is 12.7 Å². The van der Waals surface area contributed by atoms with Crippen LogP contribution in [0.15, 0.2) is 54.6 Å². The van der Waals surface area contributed by atoms with Crippen LogP contribution in [-0.4, -0.2) is 17.6 Å². The zero-order valence-electron chi connectivity index (χ0n) is 15.8. The van der Waals surface area contributed by atoms with E-state index in [-0.39, 0.29) is 5.82 Å². The fourth-order valence-electron chi connectivity index (χ4n) is 3.82. The molecule has 0 bridgehead atoms. The van der Waals surface area contributed by atoms with Gasteiger partial charge in [0.05, 0.1) is 18.7 Å². The molecule has 0 unspecified atom stereocenters. The van der Waals surface area contributed by atoms with Crippen molar-refractivity contribution in [3.8, 4) is 0 Å². The molecule has 0 saturated carbocycles. The molecule has 0 aliphatic carbocycles. The van der Waals surface area contributed by atoms with Gasteiger partial charge in [0, 0.05) is 34.5 Å². The van der Waals surface area contributed by atoms with Crippen LogP contribution < -0.4 is 5.73 Å². The number of benzene rings is 3. The second kappa shape index (κ2) is 7.09. The maximum absolute atomic E-state index is 14.7. The maximum atomic E-state index is 14.7. The summed E-state index contributed by atoms with van der Waals surface area (Å²) in [5, 5.41) is 1.71. The Morgan fingerprint density at radius 2 is 1.89 bits per heavy atom. The summed E-state index contributed by atoms with van der Waals surface area (Å²) in [4.78, 5) is 12.0. The Labute approximate surface area is 162 Å². The highest BCUT2D eigenvalue weighted by atomic mass is 19.1. The third-order valence-corrected chi connectivity index (χ3v) is 5.13. The first-order valence-electron chi connectivity index (χ1n) is 9.08. The molecule has 0 aliphatic rings. The molecule has 1 aromatic heterocycles. The summed E-state index contributed by atoms with van der Waals surface area (Å²) in [5.74, 6) is -0.691. The predicted octanol–water partition coefficient (Wildman–Crippen LogP) is 4.54. The van der Waals surface area contributed by atoms with E-state index in [0.29, 0.717) is 29.8 Å². The fourth-order valence-corrected chi connectivity index (χ4v) is 3.82. The quantitative estimate of drug-likeness (QED) is 0.556. The molecule has 0 atom stereocenters. The number of nitrogens with two attached hydrogens (primary N) is 1. The normalized spacial score (nSPS) is 11.4. The molecule has 0 radical (unpaired) electrons. The molecule has 2 N–H and O–H groups in total. The van der Waals surface area contributed by atoms with Gasteiger partial charge in [-0.15, -0.1) is 0 Å². The number of hydrogen-bond acceptors (Lipinski definition) is 2. The van der Waals surface area contributed by atoms with E-state index in [2.05, 4.69) is 0 Å². The lowest BCUT2D eigenvalue weighted by atomic mass is 10.0. The molecule has 0 spiro atoms. The van der Waals surface area contributed by atoms with Gasteiger partial charge in [0.1, 0.15) is 5.82 Å². The van der Waals surface area contributed by atoms with Crippen molar-refractivity contribution in [2.75, 3.05) is 7.11 Å². The number of rotatable bonds is 5. The maximum Gasteiger partial charge on any atom is 0.249 e. The van der Waals surface area contributed by atoms with Gasteiger partial charge in [-0.05, 0) is 36.2 Å². The first kappa shape index (κ1) is 18.2. The highest BCUT2D eigenvalue weighted by Gasteiger charge is 2.18. The van der Waals surface area contributed by atoms with Crippen molar-refractivity contribution in [2.45, 2.75) is 20.1 Å². The molecule has 0 fully saturated rings. The van der Waals surface area contributed by atoms with E-state index >= 15 is 0 Å². The van der Waals surface area contributed by atoms with Gasteiger partial charge >= 0.3 is 0 Å². The molecule has 5 heteroatoms. The largest absolute Gasteiger partial charge is 0.380 e. The van der Waals surface area contributed by atoms with Crippen molar-refractivity contribution >= 4 is 27.7 Å². The number of aromatic nitrogens is 1. The highest BCUT2D eigenvalue weighted by Crippen LogP contribution is 2.33. The molecular formula is C23H21FN2O2. The summed E-state index contributed by atoms with van der Waals surface area (Å²) in [6, 6.07) is 16.8. The lowest BCUT2D eigenvalue weighted by Crippen LogP contribution is -2.11. The third kappa shape index (κ3) is 2.94. The summed E-state index contributed by atoms with van der Waals surface area (Å²) < 4.78 is 22.0. The van der Waals surface area contributed by atoms with Crippen molar-refractivity contribution in [1.82, 2.24) is 4.57 Å². The summed E-state index contributed by atoms with van der Waals surface area (Å²) >= 11 is 0. The number of carbonyl (C=O) groups excluding carboxylic acids is 1. The Bertz CT molecular complexity index is 1210. The lowest BCUT2D eigenvalue weighted by molar-refractivity contribution is 0.100. The summed E-state index contributed by atoms with van der Waals surface area (Å²) in [5.41, 5.74) is 10.1. The third-order valence-electron chi connectivity index (χ3n) is 5.13. The van der Waals surface area contributed by atoms with Crippen molar-refractivity contribution < 1.29 is 13.9 Å². The highest BCUT2D eigenvalue weighted by molar-refractivity contribution is 6.17. The number of nitrogens with zero attached hydrogens (tertiary/aromatic N) is 1. The zero-order chi connectivity index (χ0) is 19.8. The van der Waals surface area contributed by atoms with E-state index in [1.807, 2.05) is 34.9 Å². The van der Waals surface area contributed by atoms with Gasteiger partial charge in [0.2, 0.25) is 5.91 Å². The number of methoxy groups -OCH3 is 1. The number of carbonyl (C=O) groups is 1. The average molecular weight is 376 g/mol. The number of ether oxygens (including phenoxy) is 1. The van der Waals surface area contributed by atoms with Gasteiger partial charge in [-0.1, -0.05) is 36.4 Å². The lowest BCUT2D eigenvalue weighted by Gasteiger charge is -2.11. The Hall–Kier alpha value is -3.18. The standard InChI is InChI=1S/C23H21FN2O2/c1-14-5-3-6-16(22(14)24)12-26-19-8-4-7-18(23(25)27)21(19)17-10-9-15(13-28-2)11-20(17)26/h3-11H,12-13H2,1-2H3,(H2,25,27). The van der Waals surface area contributed by atoms with E-state index in [1.165, 1.54) is 0 Å². The molecule has 4 nitrogen and oxygen atoms in total. The number of amides is 1. The molecule has 0 aliphatic heterocycles. The molecule has 142 valence electrons. The number of aryl methyl sites for hydroxylation is 1. The smallest absolute Gasteiger partial charge is 0.249 e. The second-order valence-corrected chi connectivity index (χ2v) is 6.98. The van der Waals surface area contributed by atoms with Gasteiger partial charge in [-0.25, -0.2) is 4.39 Å². The van der Waals surface area contributed by atoms with Gasteiger partial charge in [0.25, 0.3) is 0 Å². The van der Waals surface area contributed by atoms with Crippen LogP contribution in [0.2, 0.25) is 0 Å². The molecule has 1 amide bonds. The number of primary amides is 1. The summed E-state index contributed by atoms with van der Waals surface area (Å²) in [6.07, 6.45) is 0. The Balaban J connectivity index is 2.04. The van der Waals surface area contributed by atoms with Crippen molar-refractivity contribution in [3.63, 3.8) is 0 Å². The minimum absolute atomic E-state index is 0.211. The number of hydrogen-bond donors (Lipinski definition) is 1. The molecule has 0 saturated heterocycles. The molecule has 4 aromatic rings. The van der Waals surface area contributed by atoms with Crippen LogP contribution in [0.4, 0.5) is 4.39 Å². The SMILES string of the molecule is COCc1ccc2c3c(C(N)=O)cccc3n(Cc3cccc(C)c3F)c2c1. The van der Waals surface area contributed by atoms with Crippen LogP contribution in [0.5, 0.6) is 0 Å². The molecule has 28 heavy (non-hydrogen) atoms. The zero-order valence-corrected chi connectivity index (χ0v) is 15.8. The van der Waals surface area contributed by atoms with E-state index in [1.54, 1.807) is 38.3 Å². The van der Waals surface area contributed by atoms with Gasteiger partial charge in [0.15, 0.2) is 0 Å². The Kier molecular flexibility index (Phi) is 4.61. The van der Waals surface area contributed by atoms with E-state index in [0.717, 1.165) is 27.4 Å². The van der Waals surface area contributed by atoms with Gasteiger partial charge in [-0.2, -0.15) is 0 Å². The Morgan fingerprint density at radius 3 is 2.64 bits per heavy atom. The van der Waals surface area contributed by atoms with E-state index in [4.69, 9.17) is 10.5 Å². The van der Waals surface area contributed by atoms with E-state index in [9.17, 15) is 9.18 Å². The average Bonchev–Trinajstić information content (AvgIpc) is 2.99. The van der Waals surface area contributed by atoms with Gasteiger partial charge < -0.3 is 15.0 Å². The van der Waals surface area contributed by atoms with Crippen LogP contribution in [0.1, 0.15) is 27.0 Å². The molecule has 3 aromatic carbocycles. The van der Waals surface area contributed by atoms with Crippen LogP contribution >= 0.6 is 0 Å². The first-order chi connectivity index (χ1) is 13.5. The Morgan fingerprint density at radius 1 is 1.11 bits per heavy atom. The van der Waals surface area contributed by atoms with E-state index < -0.39 is 5.91 Å². The molecular weight excluding hydrogens is 355 g/mol. The molecule has 1 heterocycles. The van der Waals surface area contributed by atoms with Crippen LogP contribution in [-0.2, 0) is 17.9 Å². The first-order valence-corrected chi connectivity index (χ1v) is 9.08. The van der Waals surface area contributed by atoms with Crippen molar-refractivity contribution in [2.24, 2.45) is 5.73 Å². The summed E-state index contributed by atoms with van der Waals surface area (Å²) in [7, 11) is 1.65. The van der Waals surface area contributed by atoms with Crippen LogP contribution in [0.3, 0.4) is 0 Å². The number of halogens is 1. The minimum Gasteiger partial charge on any atom is -0.380 e. The summed E-state index contributed by atoms with van der Waals surface area (Å²) in [6.45, 7) is 2.58. The van der Waals surface area contributed by atoms with Gasteiger partial charge in [-0.3, -0.25) is 4.79 Å². The predicted molar refractivity (Wildman–Crippen MR) is 109 cm³/mol. The van der Waals surface area contributed by atoms with Crippen molar-refractivity contribution in [1.29, 1.82) is 0 Å². The fraction of sp³-hybridized carbons (Fsp3) is 0.174. The minimum atomic E-state index is -0.479. The second-order valence-electron chi connectivity index (χ2n) is 6.98. The monoisotopic (exact) mass is 376 g/mol. The van der Waals surface area contributed by atoms with Crippen LogP contribution in [0.25, 0.3) is 21.8 Å². The van der Waals surface area contributed by atoms with Crippen molar-refractivity contribution in [3.05, 3.63) is 82.7 Å².